The molecule has 5 heteroatoms. The first-order valence-corrected chi connectivity index (χ1v) is 7.77. The van der Waals surface area contributed by atoms with Crippen LogP contribution >= 0.6 is 0 Å². The molecule has 1 aromatic rings. The van der Waals surface area contributed by atoms with Gasteiger partial charge in [0.2, 0.25) is 0 Å². The van der Waals surface area contributed by atoms with Gasteiger partial charge in [-0.3, -0.25) is 4.79 Å². The summed E-state index contributed by atoms with van der Waals surface area (Å²) in [4.78, 5) is 19.9. The van der Waals surface area contributed by atoms with Gasteiger partial charge in [0.05, 0.1) is 19.6 Å². The largest absolute Gasteiger partial charge is 0.467 e. The van der Waals surface area contributed by atoms with E-state index in [-0.39, 0.29) is 11.9 Å². The van der Waals surface area contributed by atoms with Crippen molar-refractivity contribution in [2.24, 2.45) is 5.92 Å². The Bertz CT molecular complexity index is 412. The van der Waals surface area contributed by atoms with Gasteiger partial charge in [-0.15, -0.1) is 0 Å². The fourth-order valence-electron chi connectivity index (χ4n) is 2.56. The smallest absolute Gasteiger partial charge is 0.316 e. The van der Waals surface area contributed by atoms with E-state index in [2.05, 4.69) is 9.97 Å². The summed E-state index contributed by atoms with van der Waals surface area (Å²) in [6, 6.07) is 0.393. The van der Waals surface area contributed by atoms with Crippen LogP contribution in [0.25, 0.3) is 0 Å². The third kappa shape index (κ3) is 4.99. The standard InChI is InChI=1S/C14H20N2O3.C2H6/c1-3-19-13(17)11-6-4-10(5-7-11)12-8-15-14(18-2)16-9-12;1-2/h8-11H,3-7H2,1-2H3;1-2H3. The van der Waals surface area contributed by atoms with Gasteiger partial charge in [-0.05, 0) is 44.1 Å². The lowest BCUT2D eigenvalue weighted by molar-refractivity contribution is -0.149. The Hall–Kier alpha value is -1.65. The van der Waals surface area contributed by atoms with Crippen LogP contribution in [-0.2, 0) is 9.53 Å². The van der Waals surface area contributed by atoms with Crippen molar-refractivity contribution < 1.29 is 14.3 Å². The molecular formula is C16H26N2O3. The molecule has 118 valence electrons. The van der Waals surface area contributed by atoms with Crippen molar-refractivity contribution >= 4 is 5.97 Å². The van der Waals surface area contributed by atoms with Crippen molar-refractivity contribution in [3.63, 3.8) is 0 Å². The molecule has 1 saturated carbocycles. The molecule has 0 unspecified atom stereocenters. The molecule has 1 aliphatic rings. The first-order valence-electron chi connectivity index (χ1n) is 7.77. The van der Waals surface area contributed by atoms with Crippen molar-refractivity contribution in [3.8, 4) is 6.01 Å². The molecule has 1 aliphatic carbocycles. The summed E-state index contributed by atoms with van der Waals surface area (Å²) in [7, 11) is 1.56. The zero-order chi connectivity index (χ0) is 15.7. The van der Waals surface area contributed by atoms with Crippen LogP contribution in [0.5, 0.6) is 6.01 Å². The van der Waals surface area contributed by atoms with E-state index in [9.17, 15) is 4.79 Å². The van der Waals surface area contributed by atoms with Crippen LogP contribution in [0.2, 0.25) is 0 Å². The van der Waals surface area contributed by atoms with Crippen molar-refractivity contribution in [1.29, 1.82) is 0 Å². The molecule has 21 heavy (non-hydrogen) atoms. The summed E-state index contributed by atoms with van der Waals surface area (Å²) in [5.41, 5.74) is 1.13. The minimum Gasteiger partial charge on any atom is -0.467 e. The van der Waals surface area contributed by atoms with E-state index in [4.69, 9.17) is 9.47 Å². The number of hydrogen-bond acceptors (Lipinski definition) is 5. The maximum atomic E-state index is 11.7. The van der Waals surface area contributed by atoms with Gasteiger partial charge in [0.25, 0.3) is 0 Å². The summed E-state index contributed by atoms with van der Waals surface area (Å²) in [6.45, 7) is 6.31. The van der Waals surface area contributed by atoms with Crippen LogP contribution in [0.3, 0.4) is 0 Å². The van der Waals surface area contributed by atoms with Crippen molar-refractivity contribution in [3.05, 3.63) is 18.0 Å². The molecule has 0 bridgehead atoms. The molecule has 0 aliphatic heterocycles. The molecule has 2 rings (SSSR count). The lowest BCUT2D eigenvalue weighted by Crippen LogP contribution is -2.23. The molecule has 1 heterocycles. The van der Waals surface area contributed by atoms with Gasteiger partial charge < -0.3 is 9.47 Å². The number of carbonyl (C=O) groups is 1. The van der Waals surface area contributed by atoms with E-state index in [1.807, 2.05) is 33.2 Å². The van der Waals surface area contributed by atoms with Crippen LogP contribution < -0.4 is 4.74 Å². The lowest BCUT2D eigenvalue weighted by Gasteiger charge is -2.27. The van der Waals surface area contributed by atoms with E-state index in [0.29, 0.717) is 18.5 Å². The second-order valence-electron chi connectivity index (χ2n) is 4.80. The van der Waals surface area contributed by atoms with Crippen molar-refractivity contribution in [1.82, 2.24) is 9.97 Å². The van der Waals surface area contributed by atoms with E-state index in [1.165, 1.54) is 0 Å². The van der Waals surface area contributed by atoms with Crippen LogP contribution in [0.4, 0.5) is 0 Å². The van der Waals surface area contributed by atoms with Crippen molar-refractivity contribution in [2.75, 3.05) is 13.7 Å². The highest BCUT2D eigenvalue weighted by molar-refractivity contribution is 5.72. The summed E-state index contributed by atoms with van der Waals surface area (Å²) >= 11 is 0. The molecule has 5 nitrogen and oxygen atoms in total. The van der Waals surface area contributed by atoms with Crippen LogP contribution in [0.1, 0.15) is 57.9 Å². The summed E-state index contributed by atoms with van der Waals surface area (Å²) < 4.78 is 10.0. The van der Waals surface area contributed by atoms with Gasteiger partial charge in [0, 0.05) is 12.4 Å². The maximum Gasteiger partial charge on any atom is 0.316 e. The number of hydrogen-bond donors (Lipinski definition) is 0. The Morgan fingerprint density at radius 2 is 1.76 bits per heavy atom. The molecular weight excluding hydrogens is 268 g/mol. The number of carbonyl (C=O) groups excluding carboxylic acids is 1. The highest BCUT2D eigenvalue weighted by Gasteiger charge is 2.28. The average Bonchev–Trinajstić information content (AvgIpc) is 2.57. The minimum absolute atomic E-state index is 0.0491. The number of aromatic nitrogens is 2. The zero-order valence-corrected chi connectivity index (χ0v) is 13.5. The second kappa shape index (κ2) is 9.32. The summed E-state index contributed by atoms with van der Waals surface area (Å²) in [5, 5.41) is 0. The van der Waals surface area contributed by atoms with E-state index in [0.717, 1.165) is 31.2 Å². The van der Waals surface area contributed by atoms with Gasteiger partial charge in [-0.2, -0.15) is 0 Å². The Labute approximate surface area is 127 Å². The summed E-state index contributed by atoms with van der Waals surface area (Å²) in [5.74, 6) is 0.457. The minimum atomic E-state index is -0.0491. The Morgan fingerprint density at radius 1 is 1.19 bits per heavy atom. The van der Waals surface area contributed by atoms with E-state index >= 15 is 0 Å². The highest BCUT2D eigenvalue weighted by Crippen LogP contribution is 2.35. The van der Waals surface area contributed by atoms with Crippen molar-refractivity contribution in [2.45, 2.75) is 52.4 Å². The van der Waals surface area contributed by atoms with Crippen LogP contribution in [0.15, 0.2) is 12.4 Å². The predicted octanol–water partition coefficient (Wildman–Crippen LogP) is 3.35. The SMILES string of the molecule is CC.CCOC(=O)C1CCC(c2cnc(OC)nc2)CC1. The Kier molecular flexibility index (Phi) is 7.72. The second-order valence-corrected chi connectivity index (χ2v) is 4.80. The maximum absolute atomic E-state index is 11.7. The van der Waals surface area contributed by atoms with Gasteiger partial charge in [-0.1, -0.05) is 13.8 Å². The topological polar surface area (TPSA) is 61.3 Å². The lowest BCUT2D eigenvalue weighted by atomic mass is 9.79. The molecule has 0 N–H and O–H groups in total. The van der Waals surface area contributed by atoms with Gasteiger partial charge in [-0.25, -0.2) is 9.97 Å². The van der Waals surface area contributed by atoms with Gasteiger partial charge in [0.15, 0.2) is 0 Å². The third-order valence-corrected chi connectivity index (χ3v) is 3.65. The first-order chi connectivity index (χ1) is 10.2. The monoisotopic (exact) mass is 294 g/mol. The number of rotatable bonds is 4. The Balaban J connectivity index is 0.00000106. The van der Waals surface area contributed by atoms with Crippen LogP contribution in [-0.4, -0.2) is 29.7 Å². The molecule has 0 atom stereocenters. The number of methoxy groups -OCH3 is 1. The number of esters is 1. The molecule has 0 spiro atoms. The zero-order valence-electron chi connectivity index (χ0n) is 13.5. The number of nitrogens with zero attached hydrogens (tertiary/aromatic N) is 2. The average molecular weight is 294 g/mol. The van der Waals surface area contributed by atoms with Gasteiger partial charge >= 0.3 is 12.0 Å². The number of ether oxygens (including phenoxy) is 2. The third-order valence-electron chi connectivity index (χ3n) is 3.65. The molecule has 0 amide bonds. The molecule has 0 aromatic carbocycles. The molecule has 1 aromatic heterocycles. The van der Waals surface area contributed by atoms with Crippen LogP contribution in [0, 0.1) is 5.92 Å². The predicted molar refractivity (Wildman–Crippen MR) is 81.3 cm³/mol. The van der Waals surface area contributed by atoms with Gasteiger partial charge in [0.1, 0.15) is 0 Å². The molecule has 0 radical (unpaired) electrons. The fourth-order valence-corrected chi connectivity index (χ4v) is 2.56. The fraction of sp³-hybridized carbons (Fsp3) is 0.688. The molecule has 1 fully saturated rings. The van der Waals surface area contributed by atoms with E-state index in [1.54, 1.807) is 7.11 Å². The highest BCUT2D eigenvalue weighted by atomic mass is 16.5. The molecule has 0 saturated heterocycles. The quantitative estimate of drug-likeness (QED) is 0.797. The van der Waals surface area contributed by atoms with E-state index < -0.39 is 0 Å². The first kappa shape index (κ1) is 17.4. The Morgan fingerprint density at radius 3 is 2.24 bits per heavy atom. The summed E-state index contributed by atoms with van der Waals surface area (Å²) in [6.07, 6.45) is 7.38. The normalized spacial score (nSPS) is 21.0.